The third kappa shape index (κ3) is 3.72. The Bertz CT molecular complexity index is 494. The van der Waals surface area contributed by atoms with Gasteiger partial charge in [0.25, 0.3) is 0 Å². The van der Waals surface area contributed by atoms with E-state index in [-0.39, 0.29) is 5.57 Å². The maximum absolute atomic E-state index is 11.4. The SMILES string of the molecule is COC(=O)/C(=C/c1c(Cl)cccc1Cl)C[N+](=O)[O-]. The summed E-state index contributed by atoms with van der Waals surface area (Å²) in [5.41, 5.74) is 0.223. The van der Waals surface area contributed by atoms with Gasteiger partial charge >= 0.3 is 5.97 Å². The highest BCUT2D eigenvalue weighted by molar-refractivity contribution is 6.37. The van der Waals surface area contributed by atoms with Crippen LogP contribution in [0, 0.1) is 10.1 Å². The van der Waals surface area contributed by atoms with Crippen LogP contribution in [0.3, 0.4) is 0 Å². The van der Waals surface area contributed by atoms with Crippen molar-refractivity contribution in [3.63, 3.8) is 0 Å². The largest absolute Gasteiger partial charge is 0.465 e. The van der Waals surface area contributed by atoms with Gasteiger partial charge in [0, 0.05) is 20.5 Å². The second-order valence-electron chi connectivity index (χ2n) is 3.29. The third-order valence-corrected chi connectivity index (χ3v) is 2.72. The lowest BCUT2D eigenvalue weighted by atomic mass is 10.1. The van der Waals surface area contributed by atoms with Gasteiger partial charge in [-0.1, -0.05) is 29.3 Å². The quantitative estimate of drug-likeness (QED) is 0.370. The number of rotatable bonds is 4. The second kappa shape index (κ2) is 6.37. The first-order valence-electron chi connectivity index (χ1n) is 4.80. The van der Waals surface area contributed by atoms with Crippen molar-refractivity contribution in [2.45, 2.75) is 0 Å². The summed E-state index contributed by atoms with van der Waals surface area (Å²) in [7, 11) is 1.14. The first-order valence-corrected chi connectivity index (χ1v) is 5.56. The van der Waals surface area contributed by atoms with E-state index >= 15 is 0 Å². The monoisotopic (exact) mass is 289 g/mol. The van der Waals surface area contributed by atoms with E-state index < -0.39 is 17.4 Å². The maximum Gasteiger partial charge on any atom is 0.340 e. The minimum atomic E-state index is -0.789. The molecule has 0 saturated carbocycles. The number of methoxy groups -OCH3 is 1. The van der Waals surface area contributed by atoms with Crippen molar-refractivity contribution in [1.82, 2.24) is 0 Å². The zero-order valence-corrected chi connectivity index (χ0v) is 10.9. The van der Waals surface area contributed by atoms with Crippen LogP contribution in [0.4, 0.5) is 0 Å². The predicted octanol–water partition coefficient (Wildman–Crippen LogP) is 2.83. The second-order valence-corrected chi connectivity index (χ2v) is 4.10. The molecule has 0 amide bonds. The van der Waals surface area contributed by atoms with Crippen LogP contribution in [-0.2, 0) is 9.53 Å². The Balaban J connectivity index is 3.23. The van der Waals surface area contributed by atoms with Crippen LogP contribution in [0.5, 0.6) is 0 Å². The smallest absolute Gasteiger partial charge is 0.340 e. The molecule has 18 heavy (non-hydrogen) atoms. The summed E-state index contributed by atoms with van der Waals surface area (Å²) in [6, 6.07) is 4.77. The number of carbonyl (C=O) groups excluding carboxylic acids is 1. The Kier molecular flexibility index (Phi) is 5.12. The Labute approximate surface area is 113 Å². The summed E-state index contributed by atoms with van der Waals surface area (Å²) >= 11 is 11.8. The number of ether oxygens (including phenoxy) is 1. The lowest BCUT2D eigenvalue weighted by molar-refractivity contribution is -0.470. The Morgan fingerprint density at radius 1 is 1.44 bits per heavy atom. The molecule has 5 nitrogen and oxygen atoms in total. The van der Waals surface area contributed by atoms with Gasteiger partial charge in [-0.15, -0.1) is 0 Å². The molecular weight excluding hydrogens is 281 g/mol. The molecule has 1 aromatic rings. The molecule has 1 rings (SSSR count). The van der Waals surface area contributed by atoms with Crippen molar-refractivity contribution in [2.24, 2.45) is 0 Å². The molecular formula is C11H9Cl2NO4. The van der Waals surface area contributed by atoms with Crippen LogP contribution >= 0.6 is 23.2 Å². The fraction of sp³-hybridized carbons (Fsp3) is 0.182. The number of benzene rings is 1. The normalized spacial score (nSPS) is 11.2. The van der Waals surface area contributed by atoms with Gasteiger partial charge in [-0.05, 0) is 18.2 Å². The third-order valence-electron chi connectivity index (χ3n) is 2.07. The van der Waals surface area contributed by atoms with Gasteiger partial charge in [-0.3, -0.25) is 10.1 Å². The summed E-state index contributed by atoms with van der Waals surface area (Å²) in [6.07, 6.45) is 1.26. The number of hydrogen-bond donors (Lipinski definition) is 0. The van der Waals surface area contributed by atoms with Crippen molar-refractivity contribution in [2.75, 3.05) is 13.7 Å². The van der Waals surface area contributed by atoms with E-state index in [2.05, 4.69) is 4.74 Å². The number of esters is 1. The average molecular weight is 290 g/mol. The van der Waals surface area contributed by atoms with Crippen LogP contribution < -0.4 is 0 Å². The summed E-state index contributed by atoms with van der Waals surface area (Å²) in [5, 5.41) is 11.1. The maximum atomic E-state index is 11.4. The predicted molar refractivity (Wildman–Crippen MR) is 68.3 cm³/mol. The van der Waals surface area contributed by atoms with E-state index in [9.17, 15) is 14.9 Å². The standard InChI is InChI=1S/C11H9Cl2NO4/c1-18-11(15)7(6-14(16)17)5-8-9(12)3-2-4-10(8)13/h2-5H,6H2,1H3/b7-5+. The topological polar surface area (TPSA) is 69.4 Å². The molecule has 0 N–H and O–H groups in total. The van der Waals surface area contributed by atoms with Crippen molar-refractivity contribution in [3.05, 3.63) is 49.5 Å². The van der Waals surface area contributed by atoms with E-state index in [1.807, 2.05) is 0 Å². The number of carbonyl (C=O) groups is 1. The molecule has 7 heteroatoms. The summed E-state index contributed by atoms with van der Waals surface area (Å²) in [6.45, 7) is -0.659. The van der Waals surface area contributed by atoms with Gasteiger partial charge < -0.3 is 4.74 Å². The van der Waals surface area contributed by atoms with Crippen LogP contribution in [-0.4, -0.2) is 24.5 Å². The molecule has 96 valence electrons. The van der Waals surface area contributed by atoms with E-state index in [4.69, 9.17) is 23.2 Å². The number of hydrogen-bond acceptors (Lipinski definition) is 4. The molecule has 0 aliphatic heterocycles. The molecule has 1 aromatic carbocycles. The van der Waals surface area contributed by atoms with Crippen LogP contribution in [0.2, 0.25) is 10.0 Å². The molecule has 0 aliphatic carbocycles. The molecule has 0 saturated heterocycles. The summed E-state index contributed by atoms with van der Waals surface area (Å²) < 4.78 is 4.47. The molecule has 0 atom stereocenters. The van der Waals surface area contributed by atoms with Crippen LogP contribution in [0.15, 0.2) is 23.8 Å². The molecule has 0 bridgehead atoms. The zero-order valence-electron chi connectivity index (χ0n) is 9.35. The fourth-order valence-corrected chi connectivity index (χ4v) is 1.77. The molecule has 0 aliphatic rings. The average Bonchev–Trinajstić information content (AvgIpc) is 2.31. The van der Waals surface area contributed by atoms with E-state index in [0.29, 0.717) is 15.6 Å². The molecule has 0 aromatic heterocycles. The number of nitro groups is 1. The lowest BCUT2D eigenvalue weighted by Crippen LogP contribution is -2.14. The molecule has 0 radical (unpaired) electrons. The van der Waals surface area contributed by atoms with Crippen molar-refractivity contribution in [1.29, 1.82) is 0 Å². The van der Waals surface area contributed by atoms with Crippen LogP contribution in [0.1, 0.15) is 5.56 Å². The summed E-state index contributed by atoms with van der Waals surface area (Å²) in [5.74, 6) is -0.789. The minimum Gasteiger partial charge on any atom is -0.465 e. The van der Waals surface area contributed by atoms with Gasteiger partial charge in [0.15, 0.2) is 0 Å². The van der Waals surface area contributed by atoms with Crippen molar-refractivity contribution >= 4 is 35.2 Å². The first-order chi connectivity index (χ1) is 8.45. The highest BCUT2D eigenvalue weighted by Crippen LogP contribution is 2.26. The van der Waals surface area contributed by atoms with Gasteiger partial charge in [-0.2, -0.15) is 0 Å². The number of halogens is 2. The minimum absolute atomic E-state index is 0.127. The highest BCUT2D eigenvalue weighted by Gasteiger charge is 2.17. The van der Waals surface area contributed by atoms with E-state index in [1.165, 1.54) is 6.08 Å². The first kappa shape index (κ1) is 14.5. The van der Waals surface area contributed by atoms with Gasteiger partial charge in [-0.25, -0.2) is 4.79 Å². The lowest BCUT2D eigenvalue weighted by Gasteiger charge is -2.04. The van der Waals surface area contributed by atoms with Gasteiger partial charge in [0.1, 0.15) is 5.57 Å². The highest BCUT2D eigenvalue weighted by atomic mass is 35.5. The fourth-order valence-electron chi connectivity index (χ4n) is 1.26. The van der Waals surface area contributed by atoms with E-state index in [1.54, 1.807) is 18.2 Å². The van der Waals surface area contributed by atoms with Crippen LogP contribution in [0.25, 0.3) is 6.08 Å². The number of nitrogens with zero attached hydrogens (tertiary/aromatic N) is 1. The molecule has 0 unspecified atom stereocenters. The van der Waals surface area contributed by atoms with Crippen molar-refractivity contribution in [3.8, 4) is 0 Å². The Morgan fingerprint density at radius 2 is 2.00 bits per heavy atom. The Morgan fingerprint density at radius 3 is 2.44 bits per heavy atom. The van der Waals surface area contributed by atoms with Crippen molar-refractivity contribution < 1.29 is 14.5 Å². The van der Waals surface area contributed by atoms with Gasteiger partial charge in [0.05, 0.1) is 7.11 Å². The molecule has 0 heterocycles. The van der Waals surface area contributed by atoms with Gasteiger partial charge in [0.2, 0.25) is 6.54 Å². The summed E-state index contributed by atoms with van der Waals surface area (Å²) in [4.78, 5) is 21.2. The van der Waals surface area contributed by atoms with E-state index in [0.717, 1.165) is 7.11 Å². The Hall–Kier alpha value is -1.59. The zero-order chi connectivity index (χ0) is 13.7. The molecule has 0 fully saturated rings. The molecule has 0 spiro atoms.